The Kier molecular flexibility index (Phi) is 7.04. The lowest BCUT2D eigenvalue weighted by atomic mass is 10.2. The molecule has 1 aromatic heterocycles. The molecule has 150 valence electrons. The standard InChI is InChI=1S/C21H19Cl2N3O3/c1-29-11-10-26(20(27)9-7-14-6-8-15(22)12-17(14)23)13-19-24-18-5-3-2-4-16(18)21(28)25-19/h2-9,12H,10-11,13H2,1H3,(H,24,25,28)/b9-7+. The van der Waals surface area contributed by atoms with Gasteiger partial charge in [-0.3, -0.25) is 9.59 Å². The number of aromatic nitrogens is 2. The molecule has 0 atom stereocenters. The number of carbonyl (C=O) groups excluding carboxylic acids is 1. The number of H-pyrrole nitrogens is 1. The van der Waals surface area contributed by atoms with Gasteiger partial charge in [-0.1, -0.05) is 41.4 Å². The van der Waals surface area contributed by atoms with E-state index in [1.807, 2.05) is 6.07 Å². The van der Waals surface area contributed by atoms with Crippen molar-refractivity contribution >= 4 is 46.1 Å². The Bertz CT molecular complexity index is 1110. The summed E-state index contributed by atoms with van der Waals surface area (Å²) >= 11 is 12.0. The first-order valence-electron chi connectivity index (χ1n) is 8.87. The Morgan fingerprint density at radius 2 is 2.03 bits per heavy atom. The number of methoxy groups -OCH3 is 1. The van der Waals surface area contributed by atoms with Crippen molar-refractivity contribution in [2.45, 2.75) is 6.54 Å². The zero-order valence-electron chi connectivity index (χ0n) is 15.7. The van der Waals surface area contributed by atoms with E-state index in [1.54, 1.807) is 49.6 Å². The molecule has 0 spiro atoms. The lowest BCUT2D eigenvalue weighted by Gasteiger charge is -2.20. The Labute approximate surface area is 177 Å². The zero-order valence-corrected chi connectivity index (χ0v) is 17.2. The van der Waals surface area contributed by atoms with Crippen LogP contribution in [0.3, 0.4) is 0 Å². The van der Waals surface area contributed by atoms with E-state index in [1.165, 1.54) is 11.0 Å². The van der Waals surface area contributed by atoms with E-state index in [0.717, 1.165) is 0 Å². The van der Waals surface area contributed by atoms with Crippen LogP contribution in [0, 0.1) is 0 Å². The Balaban J connectivity index is 1.82. The number of nitrogens with zero attached hydrogens (tertiary/aromatic N) is 2. The summed E-state index contributed by atoms with van der Waals surface area (Å²) in [5.41, 5.74) is 1.01. The minimum atomic E-state index is -0.260. The summed E-state index contributed by atoms with van der Waals surface area (Å²) in [4.78, 5) is 33.8. The van der Waals surface area contributed by atoms with Gasteiger partial charge in [-0.25, -0.2) is 4.98 Å². The number of nitrogens with one attached hydrogen (secondary N) is 1. The van der Waals surface area contributed by atoms with Gasteiger partial charge in [-0.2, -0.15) is 0 Å². The molecule has 0 aliphatic rings. The number of hydrogen-bond acceptors (Lipinski definition) is 4. The van der Waals surface area contributed by atoms with Crippen molar-refractivity contribution in [2.24, 2.45) is 0 Å². The summed E-state index contributed by atoms with van der Waals surface area (Å²) in [6.45, 7) is 0.824. The van der Waals surface area contributed by atoms with Gasteiger partial charge in [0.2, 0.25) is 5.91 Å². The van der Waals surface area contributed by atoms with Crippen molar-refractivity contribution in [3.8, 4) is 0 Å². The molecule has 8 heteroatoms. The third-order valence-electron chi connectivity index (χ3n) is 4.25. The van der Waals surface area contributed by atoms with Gasteiger partial charge in [0.1, 0.15) is 5.82 Å². The summed E-state index contributed by atoms with van der Waals surface area (Å²) < 4.78 is 5.10. The summed E-state index contributed by atoms with van der Waals surface area (Å²) in [5, 5.41) is 1.47. The highest BCUT2D eigenvalue weighted by Crippen LogP contribution is 2.22. The topological polar surface area (TPSA) is 75.3 Å². The molecule has 0 aliphatic carbocycles. The third kappa shape index (κ3) is 5.44. The summed E-state index contributed by atoms with van der Waals surface area (Å²) in [7, 11) is 1.56. The highest BCUT2D eigenvalue weighted by atomic mass is 35.5. The predicted octanol–water partition coefficient (Wildman–Crippen LogP) is 3.92. The number of fused-ring (bicyclic) bond motifs is 1. The van der Waals surface area contributed by atoms with E-state index in [4.69, 9.17) is 27.9 Å². The van der Waals surface area contributed by atoms with E-state index < -0.39 is 0 Å². The average molecular weight is 432 g/mol. The minimum Gasteiger partial charge on any atom is -0.383 e. The molecule has 29 heavy (non-hydrogen) atoms. The fourth-order valence-corrected chi connectivity index (χ4v) is 3.23. The monoisotopic (exact) mass is 431 g/mol. The van der Waals surface area contributed by atoms with Crippen molar-refractivity contribution in [3.05, 3.63) is 80.3 Å². The van der Waals surface area contributed by atoms with Crippen LogP contribution in [0.5, 0.6) is 0 Å². The highest BCUT2D eigenvalue weighted by molar-refractivity contribution is 6.35. The SMILES string of the molecule is COCCN(Cc1nc2ccccc2c(=O)[nH]1)C(=O)/C=C/c1ccc(Cl)cc1Cl. The molecular formula is C21H19Cl2N3O3. The molecular weight excluding hydrogens is 413 g/mol. The first-order valence-corrected chi connectivity index (χ1v) is 9.62. The fraction of sp³-hybridized carbons (Fsp3) is 0.190. The largest absolute Gasteiger partial charge is 0.383 e. The van der Waals surface area contributed by atoms with Crippen molar-refractivity contribution < 1.29 is 9.53 Å². The van der Waals surface area contributed by atoms with Gasteiger partial charge in [0.05, 0.1) is 24.1 Å². The molecule has 0 saturated heterocycles. The molecule has 0 fully saturated rings. The second-order valence-corrected chi connectivity index (χ2v) is 7.13. The van der Waals surface area contributed by atoms with Gasteiger partial charge < -0.3 is 14.6 Å². The van der Waals surface area contributed by atoms with E-state index in [-0.39, 0.29) is 18.0 Å². The number of halogens is 2. The Morgan fingerprint density at radius 3 is 2.79 bits per heavy atom. The minimum absolute atomic E-state index is 0.140. The Morgan fingerprint density at radius 1 is 1.24 bits per heavy atom. The first-order chi connectivity index (χ1) is 14.0. The lowest BCUT2D eigenvalue weighted by molar-refractivity contribution is -0.127. The van der Waals surface area contributed by atoms with Crippen LogP contribution >= 0.6 is 23.2 Å². The second kappa shape index (κ2) is 9.69. The van der Waals surface area contributed by atoms with Crippen molar-refractivity contribution in [1.82, 2.24) is 14.9 Å². The van der Waals surface area contributed by atoms with E-state index in [0.29, 0.717) is 45.5 Å². The summed E-state index contributed by atoms with van der Waals surface area (Å²) in [6, 6.07) is 12.1. The number of para-hydroxylation sites is 1. The van der Waals surface area contributed by atoms with Gasteiger partial charge in [0.25, 0.3) is 5.56 Å². The number of benzene rings is 2. The van der Waals surface area contributed by atoms with E-state index in [9.17, 15) is 9.59 Å². The normalized spacial score (nSPS) is 11.3. The molecule has 0 radical (unpaired) electrons. The van der Waals surface area contributed by atoms with Gasteiger partial charge in [-0.05, 0) is 35.9 Å². The van der Waals surface area contributed by atoms with Crippen LogP contribution in [-0.2, 0) is 16.1 Å². The van der Waals surface area contributed by atoms with Crippen molar-refractivity contribution in [3.63, 3.8) is 0 Å². The lowest BCUT2D eigenvalue weighted by Crippen LogP contribution is -2.33. The zero-order chi connectivity index (χ0) is 20.8. The van der Waals surface area contributed by atoms with Crippen LogP contribution in [0.15, 0.2) is 53.3 Å². The molecule has 3 rings (SSSR count). The number of ether oxygens (including phenoxy) is 1. The summed E-state index contributed by atoms with van der Waals surface area (Å²) in [6.07, 6.45) is 3.04. The molecule has 0 unspecified atom stereocenters. The summed E-state index contributed by atoms with van der Waals surface area (Å²) in [5.74, 6) is 0.139. The fourth-order valence-electron chi connectivity index (χ4n) is 2.76. The van der Waals surface area contributed by atoms with Crippen molar-refractivity contribution in [1.29, 1.82) is 0 Å². The smallest absolute Gasteiger partial charge is 0.258 e. The van der Waals surface area contributed by atoms with Crippen LogP contribution in [0.4, 0.5) is 0 Å². The van der Waals surface area contributed by atoms with Gasteiger partial charge in [-0.15, -0.1) is 0 Å². The predicted molar refractivity (Wildman–Crippen MR) is 115 cm³/mol. The van der Waals surface area contributed by atoms with Gasteiger partial charge in [0.15, 0.2) is 0 Å². The van der Waals surface area contributed by atoms with Gasteiger partial charge in [0, 0.05) is 29.8 Å². The van der Waals surface area contributed by atoms with Crippen LogP contribution in [0.1, 0.15) is 11.4 Å². The van der Waals surface area contributed by atoms with E-state index >= 15 is 0 Å². The maximum absolute atomic E-state index is 12.7. The van der Waals surface area contributed by atoms with Crippen LogP contribution in [0.2, 0.25) is 10.0 Å². The molecule has 1 heterocycles. The molecule has 3 aromatic rings. The molecule has 1 N–H and O–H groups in total. The van der Waals surface area contributed by atoms with Crippen LogP contribution in [-0.4, -0.2) is 41.0 Å². The first kappa shape index (κ1) is 21.0. The second-order valence-electron chi connectivity index (χ2n) is 6.28. The van der Waals surface area contributed by atoms with Crippen molar-refractivity contribution in [2.75, 3.05) is 20.3 Å². The van der Waals surface area contributed by atoms with Crippen LogP contribution < -0.4 is 5.56 Å². The Hall–Kier alpha value is -2.67. The maximum Gasteiger partial charge on any atom is 0.258 e. The molecule has 2 aromatic carbocycles. The molecule has 1 amide bonds. The number of aromatic amines is 1. The molecule has 0 bridgehead atoms. The molecule has 6 nitrogen and oxygen atoms in total. The molecule has 0 aliphatic heterocycles. The average Bonchev–Trinajstić information content (AvgIpc) is 2.70. The number of hydrogen-bond donors (Lipinski definition) is 1. The quantitative estimate of drug-likeness (QED) is 0.575. The molecule has 0 saturated carbocycles. The maximum atomic E-state index is 12.7. The van der Waals surface area contributed by atoms with Gasteiger partial charge >= 0.3 is 0 Å². The third-order valence-corrected chi connectivity index (χ3v) is 4.81. The number of rotatable bonds is 7. The number of carbonyl (C=O) groups is 1. The highest BCUT2D eigenvalue weighted by Gasteiger charge is 2.14. The number of amides is 1. The van der Waals surface area contributed by atoms with E-state index in [2.05, 4.69) is 9.97 Å². The van der Waals surface area contributed by atoms with Crippen LogP contribution in [0.25, 0.3) is 17.0 Å².